The summed E-state index contributed by atoms with van der Waals surface area (Å²) in [5.74, 6) is -1.45. The Morgan fingerprint density at radius 1 is 1.00 bits per heavy atom. The number of carbonyl (C=O) groups is 4. The van der Waals surface area contributed by atoms with Gasteiger partial charge in [0.05, 0.1) is 0 Å². The van der Waals surface area contributed by atoms with E-state index >= 15 is 0 Å². The molecule has 0 spiro atoms. The van der Waals surface area contributed by atoms with E-state index in [0.29, 0.717) is 5.56 Å². The highest BCUT2D eigenvalue weighted by Gasteiger charge is 2.36. The number of likely N-dealkylation sites (N-methyl/N-ethyl adjacent to an activating group) is 1. The average Bonchev–Trinajstić information content (AvgIpc) is 2.64. The number of amides is 4. The van der Waals surface area contributed by atoms with E-state index < -0.39 is 41.1 Å². The highest BCUT2D eigenvalue weighted by molar-refractivity contribution is 5.92. The van der Waals surface area contributed by atoms with Gasteiger partial charge in [0.2, 0.25) is 17.7 Å². The van der Waals surface area contributed by atoms with Gasteiger partial charge in [-0.25, -0.2) is 4.79 Å². The Bertz CT molecular complexity index is 910. The number of hydrogen-bond donors (Lipinski definition) is 3. The van der Waals surface area contributed by atoms with Crippen LogP contribution in [0.2, 0.25) is 0 Å². The van der Waals surface area contributed by atoms with Crippen LogP contribution in [0.25, 0.3) is 0 Å². The van der Waals surface area contributed by atoms with Gasteiger partial charge in [-0.3, -0.25) is 14.4 Å². The maximum absolute atomic E-state index is 13.8. The Morgan fingerprint density at radius 2 is 1.54 bits per heavy atom. The predicted molar refractivity (Wildman–Crippen MR) is 136 cm³/mol. The van der Waals surface area contributed by atoms with E-state index in [-0.39, 0.29) is 25.3 Å². The van der Waals surface area contributed by atoms with Crippen molar-refractivity contribution in [1.29, 1.82) is 0 Å². The van der Waals surface area contributed by atoms with Crippen LogP contribution in [0.15, 0.2) is 18.2 Å². The number of hydrogen-bond acceptors (Lipinski definition) is 5. The van der Waals surface area contributed by atoms with Crippen LogP contribution >= 0.6 is 0 Å². The van der Waals surface area contributed by atoms with Gasteiger partial charge in [-0.1, -0.05) is 29.3 Å². The summed E-state index contributed by atoms with van der Waals surface area (Å²) in [5.41, 5.74) is 6.57. The fraction of sp³-hybridized carbons (Fsp3) is 0.615. The van der Waals surface area contributed by atoms with Crippen molar-refractivity contribution in [2.45, 2.75) is 98.4 Å². The second-order valence-corrected chi connectivity index (χ2v) is 10.9. The Hall–Kier alpha value is -3.10. The van der Waals surface area contributed by atoms with E-state index in [9.17, 15) is 19.2 Å². The molecule has 0 bridgehead atoms. The summed E-state index contributed by atoms with van der Waals surface area (Å²) in [6, 6.07) is 3.68. The molecular weight excluding hydrogens is 448 g/mol. The zero-order chi connectivity index (χ0) is 27.1. The first-order chi connectivity index (χ1) is 15.9. The molecule has 1 aromatic carbocycles. The van der Waals surface area contributed by atoms with Crippen molar-refractivity contribution >= 4 is 23.8 Å². The first kappa shape index (κ1) is 29.9. The topological polar surface area (TPSA) is 131 Å². The van der Waals surface area contributed by atoms with Crippen LogP contribution in [0, 0.1) is 13.8 Å². The number of aryl methyl sites for hydroxylation is 2. The van der Waals surface area contributed by atoms with Gasteiger partial charge < -0.3 is 26.0 Å². The van der Waals surface area contributed by atoms with Crippen LogP contribution in [0.1, 0.15) is 84.0 Å². The second-order valence-electron chi connectivity index (χ2n) is 10.9. The lowest BCUT2D eigenvalue weighted by molar-refractivity contribution is -0.143. The molecule has 2 unspecified atom stereocenters. The molecule has 0 aromatic heterocycles. The van der Waals surface area contributed by atoms with Crippen molar-refractivity contribution in [1.82, 2.24) is 15.5 Å². The van der Waals surface area contributed by atoms with Gasteiger partial charge in [-0.2, -0.15) is 0 Å². The van der Waals surface area contributed by atoms with Gasteiger partial charge in [0.25, 0.3) is 0 Å². The van der Waals surface area contributed by atoms with Gasteiger partial charge in [-0.05, 0) is 74.3 Å². The molecule has 1 rings (SSSR count). The Balaban J connectivity index is 3.46. The minimum Gasteiger partial charge on any atom is -0.444 e. The molecule has 0 aliphatic carbocycles. The lowest BCUT2D eigenvalue weighted by Crippen LogP contribution is -2.54. The molecule has 0 saturated heterocycles. The van der Waals surface area contributed by atoms with Crippen LogP contribution in [-0.4, -0.2) is 52.4 Å². The third-order valence-corrected chi connectivity index (χ3v) is 4.91. The van der Waals surface area contributed by atoms with E-state index in [0.717, 1.165) is 11.1 Å². The van der Waals surface area contributed by atoms with Gasteiger partial charge in [0.1, 0.15) is 17.7 Å². The number of ether oxygens (including phenoxy) is 1. The lowest BCUT2D eigenvalue weighted by Gasteiger charge is -2.35. The van der Waals surface area contributed by atoms with E-state index in [4.69, 9.17) is 10.5 Å². The van der Waals surface area contributed by atoms with Crippen molar-refractivity contribution in [3.05, 3.63) is 34.9 Å². The molecule has 35 heavy (non-hydrogen) atoms. The summed E-state index contributed by atoms with van der Waals surface area (Å²) in [7, 11) is 0. The van der Waals surface area contributed by atoms with Crippen LogP contribution < -0.4 is 16.4 Å². The Labute approximate surface area is 209 Å². The van der Waals surface area contributed by atoms with Crippen molar-refractivity contribution in [2.24, 2.45) is 5.73 Å². The summed E-state index contributed by atoms with van der Waals surface area (Å²) in [6.45, 7) is 16.5. The average molecular weight is 491 g/mol. The molecule has 4 N–H and O–H groups in total. The molecule has 0 aliphatic heterocycles. The number of benzene rings is 1. The third-order valence-electron chi connectivity index (χ3n) is 4.91. The number of carbonyl (C=O) groups excluding carboxylic acids is 4. The molecule has 196 valence electrons. The summed E-state index contributed by atoms with van der Waals surface area (Å²) in [4.78, 5) is 52.6. The SMILES string of the molecule is CCN(C(=O)C(CCC(N)=O)NC(=O)OC(C)(C)C)C(C(=O)NC(C)(C)C)c1cc(C)cc(C)c1. The van der Waals surface area contributed by atoms with E-state index in [1.54, 1.807) is 27.7 Å². The summed E-state index contributed by atoms with van der Waals surface area (Å²) in [5, 5.41) is 5.54. The fourth-order valence-corrected chi connectivity index (χ4v) is 3.74. The molecule has 1 aromatic rings. The highest BCUT2D eigenvalue weighted by atomic mass is 16.6. The zero-order valence-electron chi connectivity index (χ0n) is 22.6. The largest absolute Gasteiger partial charge is 0.444 e. The minimum atomic E-state index is -1.10. The molecular formula is C26H42N4O5. The first-order valence-corrected chi connectivity index (χ1v) is 11.9. The summed E-state index contributed by atoms with van der Waals surface area (Å²) in [6.07, 6.45) is -0.935. The summed E-state index contributed by atoms with van der Waals surface area (Å²) < 4.78 is 5.31. The third kappa shape index (κ3) is 10.4. The number of alkyl carbamates (subject to hydrolysis) is 1. The van der Waals surface area contributed by atoms with Gasteiger partial charge in [-0.15, -0.1) is 0 Å². The molecule has 2 atom stereocenters. The van der Waals surface area contributed by atoms with Crippen LogP contribution in [-0.2, 0) is 19.1 Å². The Kier molecular flexibility index (Phi) is 10.3. The monoisotopic (exact) mass is 490 g/mol. The van der Waals surface area contributed by atoms with Gasteiger partial charge >= 0.3 is 6.09 Å². The second kappa shape index (κ2) is 12.0. The zero-order valence-corrected chi connectivity index (χ0v) is 22.6. The minimum absolute atomic E-state index is 0.0234. The van der Waals surface area contributed by atoms with Crippen LogP contribution in [0.4, 0.5) is 4.79 Å². The standard InChI is InChI=1S/C26H42N4O5/c1-10-30(23(33)19(11-12-20(27)31)28-24(34)35-26(7,8)9)21(22(32)29-25(4,5)6)18-14-16(2)13-17(3)15-18/h13-15,19,21H,10-12H2,1-9H3,(H2,27,31)(H,28,34)(H,29,32). The molecule has 0 saturated carbocycles. The van der Waals surface area contributed by atoms with Gasteiger partial charge in [0, 0.05) is 18.5 Å². The predicted octanol–water partition coefficient (Wildman–Crippen LogP) is 3.27. The highest BCUT2D eigenvalue weighted by Crippen LogP contribution is 2.26. The normalized spacial score (nSPS) is 13.4. The molecule has 0 fully saturated rings. The van der Waals surface area contributed by atoms with E-state index in [1.807, 2.05) is 52.8 Å². The molecule has 0 aliphatic rings. The molecule has 0 heterocycles. The number of primary amides is 1. The number of nitrogens with two attached hydrogens (primary N) is 1. The van der Waals surface area contributed by atoms with Crippen molar-refractivity contribution in [2.75, 3.05) is 6.54 Å². The van der Waals surface area contributed by atoms with Crippen LogP contribution in [0.3, 0.4) is 0 Å². The van der Waals surface area contributed by atoms with Crippen molar-refractivity contribution in [3.63, 3.8) is 0 Å². The molecule has 9 heteroatoms. The first-order valence-electron chi connectivity index (χ1n) is 11.9. The van der Waals surface area contributed by atoms with Crippen molar-refractivity contribution < 1.29 is 23.9 Å². The molecule has 0 radical (unpaired) electrons. The fourth-order valence-electron chi connectivity index (χ4n) is 3.74. The number of nitrogens with one attached hydrogen (secondary N) is 2. The molecule has 4 amide bonds. The lowest BCUT2D eigenvalue weighted by atomic mass is 9.97. The molecule has 9 nitrogen and oxygen atoms in total. The van der Waals surface area contributed by atoms with Crippen molar-refractivity contribution in [3.8, 4) is 0 Å². The van der Waals surface area contributed by atoms with E-state index in [1.165, 1.54) is 4.90 Å². The maximum atomic E-state index is 13.8. The Morgan fingerprint density at radius 3 is 1.97 bits per heavy atom. The quantitative estimate of drug-likeness (QED) is 0.489. The van der Waals surface area contributed by atoms with Crippen LogP contribution in [0.5, 0.6) is 0 Å². The van der Waals surface area contributed by atoms with Gasteiger partial charge in [0.15, 0.2) is 0 Å². The van der Waals surface area contributed by atoms with E-state index in [2.05, 4.69) is 10.6 Å². The maximum Gasteiger partial charge on any atom is 0.408 e. The number of nitrogens with zero attached hydrogens (tertiary/aromatic N) is 1. The smallest absolute Gasteiger partial charge is 0.408 e. The summed E-state index contributed by atoms with van der Waals surface area (Å²) >= 11 is 0. The number of rotatable bonds is 9.